The molecular formula is C18H15F2N3O4. The van der Waals surface area contributed by atoms with Gasteiger partial charge in [-0.3, -0.25) is 0 Å². The first-order chi connectivity index (χ1) is 12.8. The van der Waals surface area contributed by atoms with Crippen molar-refractivity contribution in [2.24, 2.45) is 0 Å². The van der Waals surface area contributed by atoms with Gasteiger partial charge in [0.15, 0.2) is 11.5 Å². The molecule has 1 unspecified atom stereocenters. The summed E-state index contributed by atoms with van der Waals surface area (Å²) in [5, 5.41) is 16.6. The molecule has 0 saturated heterocycles. The maximum Gasteiger partial charge on any atom is 0.343 e. The molecule has 2 aromatic rings. The second-order valence-electron chi connectivity index (χ2n) is 5.98. The Hall–Kier alpha value is -3.28. The van der Waals surface area contributed by atoms with E-state index < -0.39 is 17.8 Å². The van der Waals surface area contributed by atoms with Crippen molar-refractivity contribution >= 4 is 5.97 Å². The molecule has 1 heterocycles. The summed E-state index contributed by atoms with van der Waals surface area (Å²) in [5.41, 5.74) is 0.527. The van der Waals surface area contributed by atoms with E-state index in [-0.39, 0.29) is 40.6 Å². The number of hydrogen-bond donors (Lipinski definition) is 0. The smallest absolute Gasteiger partial charge is 0.343 e. The maximum absolute atomic E-state index is 13.4. The number of nitrogens with zero attached hydrogens (tertiary/aromatic N) is 3. The zero-order valence-corrected chi connectivity index (χ0v) is 14.7. The highest BCUT2D eigenvalue weighted by Gasteiger charge is 2.59. The highest BCUT2D eigenvalue weighted by Crippen LogP contribution is 2.56. The molecule has 1 atom stereocenters. The summed E-state index contributed by atoms with van der Waals surface area (Å²) in [7, 11) is 2.56. The van der Waals surface area contributed by atoms with Gasteiger partial charge in [0.2, 0.25) is 0 Å². The van der Waals surface area contributed by atoms with Gasteiger partial charge in [-0.05, 0) is 24.6 Å². The number of carbonyl (C=O) groups excluding carboxylic acids is 1. The number of aromatic nitrogens is 2. The minimum Gasteiger partial charge on any atom is -0.493 e. The summed E-state index contributed by atoms with van der Waals surface area (Å²) in [4.78, 5) is 12.2. The fourth-order valence-corrected chi connectivity index (χ4v) is 2.69. The van der Waals surface area contributed by atoms with Gasteiger partial charge in [-0.2, -0.15) is 10.4 Å². The Kier molecular flexibility index (Phi) is 4.66. The van der Waals surface area contributed by atoms with E-state index in [9.17, 15) is 13.6 Å². The first-order valence-corrected chi connectivity index (χ1v) is 7.91. The van der Waals surface area contributed by atoms with Gasteiger partial charge in [0.25, 0.3) is 11.8 Å². The zero-order valence-electron chi connectivity index (χ0n) is 14.7. The van der Waals surface area contributed by atoms with E-state index in [2.05, 4.69) is 10.2 Å². The van der Waals surface area contributed by atoms with Gasteiger partial charge in [0.1, 0.15) is 5.56 Å². The lowest BCUT2D eigenvalue weighted by Gasteiger charge is -2.14. The molecule has 1 aromatic carbocycles. The topological polar surface area (TPSA) is 94.3 Å². The van der Waals surface area contributed by atoms with Crippen LogP contribution < -0.4 is 9.47 Å². The van der Waals surface area contributed by atoms with Crippen molar-refractivity contribution in [3.63, 3.8) is 0 Å². The molecule has 9 heteroatoms. The minimum absolute atomic E-state index is 0.0412. The third-order valence-corrected chi connectivity index (χ3v) is 4.27. The third kappa shape index (κ3) is 3.38. The van der Waals surface area contributed by atoms with E-state index in [0.29, 0.717) is 5.56 Å². The van der Waals surface area contributed by atoms with Crippen LogP contribution in [0.5, 0.6) is 17.4 Å². The van der Waals surface area contributed by atoms with Crippen LogP contribution in [-0.2, 0) is 4.74 Å². The summed E-state index contributed by atoms with van der Waals surface area (Å²) >= 11 is 0. The molecule has 1 aromatic heterocycles. The van der Waals surface area contributed by atoms with Crippen molar-refractivity contribution in [1.82, 2.24) is 10.2 Å². The van der Waals surface area contributed by atoms with Gasteiger partial charge in [0.05, 0.1) is 37.5 Å². The summed E-state index contributed by atoms with van der Waals surface area (Å²) < 4.78 is 42.4. The second-order valence-corrected chi connectivity index (χ2v) is 5.98. The Bertz CT molecular complexity index is 956. The molecule has 27 heavy (non-hydrogen) atoms. The number of rotatable bonds is 5. The minimum atomic E-state index is -2.86. The summed E-state index contributed by atoms with van der Waals surface area (Å²) in [6, 6.07) is 6.38. The van der Waals surface area contributed by atoms with Crippen molar-refractivity contribution in [2.75, 3.05) is 14.2 Å². The number of hydrogen-bond acceptors (Lipinski definition) is 7. The normalized spacial score (nSPS) is 17.0. The van der Waals surface area contributed by atoms with Crippen LogP contribution in [0.1, 0.15) is 39.5 Å². The largest absolute Gasteiger partial charge is 0.493 e. The zero-order chi connectivity index (χ0) is 19.8. The molecule has 0 spiro atoms. The van der Waals surface area contributed by atoms with Crippen LogP contribution in [-0.4, -0.2) is 36.3 Å². The highest BCUT2D eigenvalue weighted by atomic mass is 19.3. The molecule has 0 radical (unpaired) electrons. The van der Waals surface area contributed by atoms with E-state index in [1.807, 2.05) is 6.07 Å². The average molecular weight is 375 g/mol. The molecule has 1 aliphatic carbocycles. The number of ether oxygens (including phenoxy) is 3. The molecule has 0 bridgehead atoms. The molecule has 1 aliphatic rings. The van der Waals surface area contributed by atoms with Crippen molar-refractivity contribution in [1.29, 1.82) is 5.26 Å². The first kappa shape index (κ1) is 18.5. The van der Waals surface area contributed by atoms with Crippen molar-refractivity contribution in [3.05, 3.63) is 40.6 Å². The molecule has 1 fully saturated rings. The Morgan fingerprint density at radius 1 is 1.30 bits per heavy atom. The third-order valence-electron chi connectivity index (χ3n) is 4.27. The number of alkyl halides is 2. The van der Waals surface area contributed by atoms with Gasteiger partial charge in [-0.15, -0.1) is 5.10 Å². The molecular weight excluding hydrogens is 360 g/mol. The average Bonchev–Trinajstić information content (AvgIpc) is 3.29. The van der Waals surface area contributed by atoms with E-state index in [0.717, 1.165) is 0 Å². The molecule has 140 valence electrons. The summed E-state index contributed by atoms with van der Waals surface area (Å²) in [6.07, 6.45) is -0.340. The summed E-state index contributed by atoms with van der Waals surface area (Å²) in [5.74, 6) is -4.50. The van der Waals surface area contributed by atoms with Gasteiger partial charge in [-0.25, -0.2) is 13.6 Å². The quantitative estimate of drug-likeness (QED) is 0.740. The molecule has 0 aliphatic heterocycles. The molecule has 3 rings (SSSR count). The number of benzene rings is 1. The van der Waals surface area contributed by atoms with Crippen LogP contribution >= 0.6 is 0 Å². The predicted molar refractivity (Wildman–Crippen MR) is 88.2 cm³/mol. The van der Waals surface area contributed by atoms with Crippen LogP contribution in [0, 0.1) is 18.3 Å². The van der Waals surface area contributed by atoms with Gasteiger partial charge < -0.3 is 14.2 Å². The molecule has 0 N–H and O–H groups in total. The molecule has 1 saturated carbocycles. The number of esters is 1. The fraction of sp³-hybridized carbons (Fsp3) is 0.333. The Morgan fingerprint density at radius 3 is 2.56 bits per heavy atom. The van der Waals surface area contributed by atoms with Crippen LogP contribution in [0.25, 0.3) is 0 Å². The monoisotopic (exact) mass is 375 g/mol. The van der Waals surface area contributed by atoms with Crippen LogP contribution in [0.4, 0.5) is 8.78 Å². The Morgan fingerprint density at radius 2 is 2.00 bits per heavy atom. The van der Waals surface area contributed by atoms with Crippen molar-refractivity contribution in [3.8, 4) is 23.4 Å². The van der Waals surface area contributed by atoms with Gasteiger partial charge in [0, 0.05) is 12.5 Å². The van der Waals surface area contributed by atoms with Gasteiger partial charge in [-0.1, -0.05) is 0 Å². The lowest BCUT2D eigenvalue weighted by Crippen LogP contribution is -2.13. The summed E-state index contributed by atoms with van der Waals surface area (Å²) in [6.45, 7) is 1.49. The number of nitriles is 1. The SMILES string of the molecule is COC(=O)c1c(Oc2ccc(C#N)cc2OC)nnc(C2CC2(F)F)c1C. The standard InChI is InChI=1S/C18H15F2N3O4/c1-9-14(17(24)26-3)16(23-22-15(9)11-7-18(11,19)20)27-12-5-4-10(8-21)6-13(12)25-2/h4-6,11H,7H2,1-3H3. The second kappa shape index (κ2) is 6.79. The maximum atomic E-state index is 13.4. The van der Waals surface area contributed by atoms with Gasteiger partial charge >= 0.3 is 5.97 Å². The number of halogens is 2. The lowest BCUT2D eigenvalue weighted by atomic mass is 10.1. The Labute approximate surface area is 153 Å². The van der Waals surface area contributed by atoms with E-state index in [1.165, 1.54) is 39.3 Å². The highest BCUT2D eigenvalue weighted by molar-refractivity contribution is 5.93. The lowest BCUT2D eigenvalue weighted by molar-refractivity contribution is 0.0594. The van der Waals surface area contributed by atoms with E-state index >= 15 is 0 Å². The van der Waals surface area contributed by atoms with Crippen LogP contribution in [0.3, 0.4) is 0 Å². The van der Waals surface area contributed by atoms with E-state index in [1.54, 1.807) is 0 Å². The Balaban J connectivity index is 2.05. The van der Waals surface area contributed by atoms with Crippen molar-refractivity contribution < 1.29 is 27.8 Å². The van der Waals surface area contributed by atoms with Crippen molar-refractivity contribution in [2.45, 2.75) is 25.2 Å². The number of carbonyl (C=O) groups is 1. The molecule has 7 nitrogen and oxygen atoms in total. The fourth-order valence-electron chi connectivity index (χ4n) is 2.69. The first-order valence-electron chi connectivity index (χ1n) is 7.91. The van der Waals surface area contributed by atoms with Crippen LogP contribution in [0.15, 0.2) is 18.2 Å². The van der Waals surface area contributed by atoms with Crippen LogP contribution in [0.2, 0.25) is 0 Å². The number of methoxy groups -OCH3 is 2. The molecule has 0 amide bonds. The predicted octanol–water partition coefficient (Wildman–Crippen LogP) is 3.37. The van der Waals surface area contributed by atoms with E-state index in [4.69, 9.17) is 19.5 Å².